The molecule has 0 bridgehead atoms. The summed E-state index contributed by atoms with van der Waals surface area (Å²) >= 11 is 0. The smallest absolute Gasteiger partial charge is 0.234 e. The second kappa shape index (κ2) is 5.64. The fraction of sp³-hybridized carbons (Fsp3) is 0.917. The first-order valence-electron chi connectivity index (χ1n) is 6.45. The van der Waals surface area contributed by atoms with Crippen LogP contribution >= 0.6 is 0 Å². The topological polar surface area (TPSA) is 44.4 Å². The number of nitrogens with one attached hydrogen (secondary N) is 2. The number of amides is 1. The monoisotopic (exact) mass is 225 g/mol. The van der Waals surface area contributed by atoms with E-state index in [-0.39, 0.29) is 5.91 Å². The van der Waals surface area contributed by atoms with Crippen LogP contribution in [0.2, 0.25) is 0 Å². The number of hydrogen-bond acceptors (Lipinski definition) is 3. The van der Waals surface area contributed by atoms with Crippen molar-refractivity contribution in [3.63, 3.8) is 0 Å². The van der Waals surface area contributed by atoms with Crippen LogP contribution in [0.25, 0.3) is 0 Å². The molecule has 1 heterocycles. The molecule has 1 saturated heterocycles. The average molecular weight is 225 g/mol. The second-order valence-corrected chi connectivity index (χ2v) is 5.14. The molecule has 0 spiro atoms. The standard InChI is InChI=1S/C12H23N3O/c1-10(11-2-3-11)8-14-12(16)9-15-6-4-13-5-7-15/h10-11,13H,2-9H2,1H3,(H,14,16). The Labute approximate surface area is 97.8 Å². The van der Waals surface area contributed by atoms with Crippen LogP contribution in [0, 0.1) is 11.8 Å². The molecule has 1 unspecified atom stereocenters. The minimum absolute atomic E-state index is 0.189. The molecule has 4 nitrogen and oxygen atoms in total. The Bertz CT molecular complexity index is 234. The Balaban J connectivity index is 1.59. The largest absolute Gasteiger partial charge is 0.355 e. The van der Waals surface area contributed by atoms with Crippen molar-refractivity contribution in [3.8, 4) is 0 Å². The summed E-state index contributed by atoms with van der Waals surface area (Å²) in [5, 5.41) is 6.34. The van der Waals surface area contributed by atoms with E-state index in [0.717, 1.165) is 38.6 Å². The maximum absolute atomic E-state index is 11.7. The SMILES string of the molecule is CC(CNC(=O)CN1CCNCC1)C1CC1. The Morgan fingerprint density at radius 3 is 2.75 bits per heavy atom. The third kappa shape index (κ3) is 3.76. The van der Waals surface area contributed by atoms with Gasteiger partial charge in [0.1, 0.15) is 0 Å². The minimum atomic E-state index is 0.189. The van der Waals surface area contributed by atoms with Crippen molar-refractivity contribution in [2.75, 3.05) is 39.3 Å². The lowest BCUT2D eigenvalue weighted by Gasteiger charge is -2.26. The third-order valence-electron chi connectivity index (χ3n) is 3.62. The number of piperazine rings is 1. The van der Waals surface area contributed by atoms with Crippen molar-refractivity contribution in [1.29, 1.82) is 0 Å². The molecule has 2 rings (SSSR count). The maximum atomic E-state index is 11.7. The van der Waals surface area contributed by atoms with Gasteiger partial charge in [0, 0.05) is 32.7 Å². The Hall–Kier alpha value is -0.610. The van der Waals surface area contributed by atoms with Gasteiger partial charge in [0.05, 0.1) is 6.54 Å². The van der Waals surface area contributed by atoms with Gasteiger partial charge in [-0.05, 0) is 24.7 Å². The Kier molecular flexibility index (Phi) is 4.18. The van der Waals surface area contributed by atoms with E-state index in [4.69, 9.17) is 0 Å². The molecule has 0 aromatic carbocycles. The van der Waals surface area contributed by atoms with Crippen molar-refractivity contribution in [3.05, 3.63) is 0 Å². The highest BCUT2D eigenvalue weighted by atomic mass is 16.2. The van der Waals surface area contributed by atoms with Crippen LogP contribution in [0.4, 0.5) is 0 Å². The van der Waals surface area contributed by atoms with Gasteiger partial charge in [-0.3, -0.25) is 9.69 Å². The number of nitrogens with zero attached hydrogens (tertiary/aromatic N) is 1. The van der Waals surface area contributed by atoms with Crippen LogP contribution in [-0.2, 0) is 4.79 Å². The van der Waals surface area contributed by atoms with E-state index in [2.05, 4.69) is 22.5 Å². The zero-order valence-electron chi connectivity index (χ0n) is 10.2. The van der Waals surface area contributed by atoms with Gasteiger partial charge in [-0.25, -0.2) is 0 Å². The van der Waals surface area contributed by atoms with Gasteiger partial charge in [0.25, 0.3) is 0 Å². The second-order valence-electron chi connectivity index (χ2n) is 5.14. The summed E-state index contributed by atoms with van der Waals surface area (Å²) in [7, 11) is 0. The van der Waals surface area contributed by atoms with Crippen molar-refractivity contribution in [2.24, 2.45) is 11.8 Å². The predicted molar refractivity (Wildman–Crippen MR) is 64.2 cm³/mol. The van der Waals surface area contributed by atoms with Crippen molar-refractivity contribution < 1.29 is 4.79 Å². The lowest BCUT2D eigenvalue weighted by Crippen LogP contribution is -2.48. The quantitative estimate of drug-likeness (QED) is 0.695. The van der Waals surface area contributed by atoms with Crippen molar-refractivity contribution >= 4 is 5.91 Å². The highest BCUT2D eigenvalue weighted by molar-refractivity contribution is 5.78. The molecule has 2 aliphatic rings. The molecule has 2 N–H and O–H groups in total. The molecule has 1 aliphatic carbocycles. The summed E-state index contributed by atoms with van der Waals surface area (Å²) in [4.78, 5) is 13.9. The van der Waals surface area contributed by atoms with Crippen LogP contribution in [0.5, 0.6) is 0 Å². The van der Waals surface area contributed by atoms with Gasteiger partial charge in [-0.2, -0.15) is 0 Å². The summed E-state index contributed by atoms with van der Waals surface area (Å²) in [5.41, 5.74) is 0. The lowest BCUT2D eigenvalue weighted by molar-refractivity contribution is -0.122. The Morgan fingerprint density at radius 2 is 2.12 bits per heavy atom. The molecular weight excluding hydrogens is 202 g/mol. The Morgan fingerprint density at radius 1 is 1.44 bits per heavy atom. The molecule has 2 fully saturated rings. The summed E-state index contributed by atoms with van der Waals surface area (Å²) in [5.74, 6) is 1.72. The first kappa shape index (κ1) is 11.9. The van der Waals surface area contributed by atoms with Crippen LogP contribution in [0.15, 0.2) is 0 Å². The molecule has 4 heteroatoms. The molecular formula is C12H23N3O. The molecule has 1 saturated carbocycles. The van der Waals surface area contributed by atoms with Crippen molar-refractivity contribution in [1.82, 2.24) is 15.5 Å². The summed E-state index contributed by atoms with van der Waals surface area (Å²) in [6.45, 7) is 7.66. The first-order chi connectivity index (χ1) is 7.75. The molecule has 0 aromatic heterocycles. The molecule has 1 aliphatic heterocycles. The third-order valence-corrected chi connectivity index (χ3v) is 3.62. The highest BCUT2D eigenvalue weighted by Crippen LogP contribution is 2.35. The molecule has 1 amide bonds. The average Bonchev–Trinajstić information content (AvgIpc) is 3.11. The number of carbonyl (C=O) groups is 1. The van der Waals surface area contributed by atoms with E-state index in [0.29, 0.717) is 12.5 Å². The van der Waals surface area contributed by atoms with E-state index in [1.807, 2.05) is 0 Å². The van der Waals surface area contributed by atoms with Crippen LogP contribution in [0.3, 0.4) is 0 Å². The summed E-state index contributed by atoms with van der Waals surface area (Å²) in [6, 6.07) is 0. The van der Waals surface area contributed by atoms with Crippen LogP contribution < -0.4 is 10.6 Å². The molecule has 0 radical (unpaired) electrons. The van der Waals surface area contributed by atoms with Gasteiger partial charge < -0.3 is 10.6 Å². The number of carbonyl (C=O) groups excluding carboxylic acids is 1. The first-order valence-corrected chi connectivity index (χ1v) is 6.45. The molecule has 16 heavy (non-hydrogen) atoms. The summed E-state index contributed by atoms with van der Waals surface area (Å²) in [6.07, 6.45) is 2.71. The van der Waals surface area contributed by atoms with E-state index in [9.17, 15) is 4.79 Å². The van der Waals surface area contributed by atoms with Gasteiger partial charge in [-0.15, -0.1) is 0 Å². The van der Waals surface area contributed by atoms with Gasteiger partial charge in [0.2, 0.25) is 5.91 Å². The van der Waals surface area contributed by atoms with E-state index in [1.54, 1.807) is 0 Å². The molecule has 0 aromatic rings. The fourth-order valence-electron chi connectivity index (χ4n) is 2.24. The van der Waals surface area contributed by atoms with E-state index >= 15 is 0 Å². The number of hydrogen-bond donors (Lipinski definition) is 2. The fourth-order valence-corrected chi connectivity index (χ4v) is 2.24. The predicted octanol–water partition coefficient (Wildman–Crippen LogP) is 0.0539. The zero-order chi connectivity index (χ0) is 11.4. The van der Waals surface area contributed by atoms with Gasteiger partial charge in [0.15, 0.2) is 0 Å². The zero-order valence-corrected chi connectivity index (χ0v) is 10.2. The number of rotatable bonds is 5. The van der Waals surface area contributed by atoms with Gasteiger partial charge in [-0.1, -0.05) is 6.92 Å². The summed E-state index contributed by atoms with van der Waals surface area (Å²) < 4.78 is 0. The normalized spacial score (nSPS) is 24.1. The van der Waals surface area contributed by atoms with E-state index in [1.165, 1.54) is 12.8 Å². The minimum Gasteiger partial charge on any atom is -0.355 e. The van der Waals surface area contributed by atoms with Gasteiger partial charge >= 0.3 is 0 Å². The van der Waals surface area contributed by atoms with Crippen LogP contribution in [0.1, 0.15) is 19.8 Å². The lowest BCUT2D eigenvalue weighted by atomic mass is 10.1. The van der Waals surface area contributed by atoms with Crippen LogP contribution in [-0.4, -0.2) is 50.1 Å². The molecule has 92 valence electrons. The van der Waals surface area contributed by atoms with Crippen molar-refractivity contribution in [2.45, 2.75) is 19.8 Å². The maximum Gasteiger partial charge on any atom is 0.234 e. The molecule has 1 atom stereocenters. The highest BCUT2D eigenvalue weighted by Gasteiger charge is 2.27. The van der Waals surface area contributed by atoms with E-state index < -0.39 is 0 Å².